The van der Waals surface area contributed by atoms with E-state index in [0.29, 0.717) is 12.2 Å². The zero-order valence-electron chi connectivity index (χ0n) is 10.9. The fraction of sp³-hybridized carbons (Fsp3) is 0.462. The van der Waals surface area contributed by atoms with Crippen molar-refractivity contribution >= 4 is 11.6 Å². The van der Waals surface area contributed by atoms with Crippen molar-refractivity contribution in [3.63, 3.8) is 0 Å². The molecule has 0 radical (unpaired) electrons. The first kappa shape index (κ1) is 14.6. The fourth-order valence-electron chi connectivity index (χ4n) is 1.68. The van der Waals surface area contributed by atoms with E-state index in [1.807, 2.05) is 0 Å². The molecule has 1 amide bonds. The lowest BCUT2D eigenvalue weighted by atomic mass is 10.2. The molecule has 0 aliphatic rings. The van der Waals surface area contributed by atoms with Crippen LogP contribution in [0.5, 0.6) is 0 Å². The highest BCUT2D eigenvalue weighted by molar-refractivity contribution is 5.92. The van der Waals surface area contributed by atoms with Crippen LogP contribution in [0.3, 0.4) is 0 Å². The van der Waals surface area contributed by atoms with Crippen molar-refractivity contribution < 1.29 is 14.3 Å². The van der Waals surface area contributed by atoms with Crippen LogP contribution in [0.25, 0.3) is 0 Å². The number of nitrogens with one attached hydrogen (secondary N) is 1. The van der Waals surface area contributed by atoms with E-state index in [1.54, 1.807) is 31.9 Å². The Morgan fingerprint density at radius 2 is 2.22 bits per heavy atom. The second-order valence-corrected chi connectivity index (χ2v) is 4.55. The van der Waals surface area contributed by atoms with Gasteiger partial charge in [0.1, 0.15) is 5.82 Å². The quantitative estimate of drug-likeness (QED) is 0.834. The Morgan fingerprint density at radius 3 is 2.83 bits per heavy atom. The van der Waals surface area contributed by atoms with Crippen molar-refractivity contribution in [3.8, 4) is 0 Å². The number of benzene rings is 1. The summed E-state index contributed by atoms with van der Waals surface area (Å²) < 4.78 is 13.0. The number of nitrogens with zero attached hydrogens (tertiary/aromatic N) is 1. The van der Waals surface area contributed by atoms with E-state index < -0.39 is 6.10 Å². The maximum absolute atomic E-state index is 13.0. The summed E-state index contributed by atoms with van der Waals surface area (Å²) in [6, 6.07) is 4.26. The van der Waals surface area contributed by atoms with Crippen LogP contribution >= 0.6 is 0 Å². The van der Waals surface area contributed by atoms with Gasteiger partial charge < -0.3 is 10.4 Å². The molecule has 5 heteroatoms. The summed E-state index contributed by atoms with van der Waals surface area (Å²) in [6.45, 7) is 4.02. The summed E-state index contributed by atoms with van der Waals surface area (Å²) in [5.41, 5.74) is 1.29. The van der Waals surface area contributed by atoms with E-state index in [9.17, 15) is 14.3 Å². The third kappa shape index (κ3) is 4.81. The Morgan fingerprint density at radius 1 is 1.56 bits per heavy atom. The molecule has 0 fully saturated rings. The van der Waals surface area contributed by atoms with Crippen molar-refractivity contribution in [2.24, 2.45) is 0 Å². The summed E-state index contributed by atoms with van der Waals surface area (Å²) in [6.07, 6.45) is -0.487. The average Bonchev–Trinajstić information content (AvgIpc) is 2.21. The molecule has 0 saturated heterocycles. The van der Waals surface area contributed by atoms with Crippen molar-refractivity contribution in [1.82, 2.24) is 4.90 Å². The SMILES string of the molecule is Cc1ccc(F)cc1NC(=O)CN(C)CC(C)O. The van der Waals surface area contributed by atoms with Gasteiger partial charge in [0.15, 0.2) is 0 Å². The Hall–Kier alpha value is -1.46. The monoisotopic (exact) mass is 254 g/mol. The summed E-state index contributed by atoms with van der Waals surface area (Å²) in [7, 11) is 1.74. The largest absolute Gasteiger partial charge is 0.392 e. The molecule has 0 aliphatic heterocycles. The first-order valence-corrected chi connectivity index (χ1v) is 5.81. The van der Waals surface area contributed by atoms with Crippen molar-refractivity contribution in [2.75, 3.05) is 25.5 Å². The number of likely N-dealkylation sites (N-methyl/N-ethyl adjacent to an activating group) is 1. The van der Waals surface area contributed by atoms with E-state index in [0.717, 1.165) is 5.56 Å². The molecule has 18 heavy (non-hydrogen) atoms. The van der Waals surface area contributed by atoms with Gasteiger partial charge in [-0.1, -0.05) is 6.07 Å². The van der Waals surface area contributed by atoms with Gasteiger partial charge in [-0.2, -0.15) is 0 Å². The van der Waals surface area contributed by atoms with E-state index in [4.69, 9.17) is 0 Å². The molecule has 0 bridgehead atoms. The second kappa shape index (κ2) is 6.47. The Bertz CT molecular complexity index is 421. The zero-order chi connectivity index (χ0) is 13.7. The molecular formula is C13H19FN2O2. The first-order chi connectivity index (χ1) is 8.38. The normalized spacial score (nSPS) is 12.6. The number of carbonyl (C=O) groups is 1. The Kier molecular flexibility index (Phi) is 5.25. The maximum atomic E-state index is 13.0. The molecule has 1 atom stereocenters. The predicted octanol–water partition coefficient (Wildman–Crippen LogP) is 1.39. The number of aryl methyl sites for hydroxylation is 1. The van der Waals surface area contributed by atoms with E-state index >= 15 is 0 Å². The van der Waals surface area contributed by atoms with Crippen LogP contribution in [0.1, 0.15) is 12.5 Å². The van der Waals surface area contributed by atoms with Crippen molar-refractivity contribution in [1.29, 1.82) is 0 Å². The number of hydrogen-bond donors (Lipinski definition) is 2. The number of halogens is 1. The summed E-state index contributed by atoms with van der Waals surface area (Å²) in [5.74, 6) is -0.611. The van der Waals surface area contributed by atoms with Gasteiger partial charge in [-0.05, 0) is 38.6 Å². The van der Waals surface area contributed by atoms with Crippen LogP contribution in [-0.4, -0.2) is 42.2 Å². The van der Waals surface area contributed by atoms with Crippen molar-refractivity contribution in [2.45, 2.75) is 20.0 Å². The molecule has 0 saturated carbocycles. The summed E-state index contributed by atoms with van der Waals surface area (Å²) in [5, 5.41) is 11.8. The molecule has 1 rings (SSSR count). The minimum absolute atomic E-state index is 0.154. The van der Waals surface area contributed by atoms with Gasteiger partial charge in [0, 0.05) is 12.2 Å². The molecule has 2 N–H and O–H groups in total. The second-order valence-electron chi connectivity index (χ2n) is 4.55. The minimum atomic E-state index is -0.487. The highest BCUT2D eigenvalue weighted by Crippen LogP contribution is 2.15. The molecule has 1 unspecified atom stereocenters. The third-order valence-corrected chi connectivity index (χ3v) is 2.46. The Labute approximate surface area is 106 Å². The lowest BCUT2D eigenvalue weighted by Gasteiger charge is -2.18. The molecule has 0 aromatic heterocycles. The molecule has 1 aromatic rings. The van der Waals surface area contributed by atoms with E-state index in [-0.39, 0.29) is 18.3 Å². The van der Waals surface area contributed by atoms with Crippen LogP contribution in [0.2, 0.25) is 0 Å². The van der Waals surface area contributed by atoms with Crippen LogP contribution in [-0.2, 0) is 4.79 Å². The number of amides is 1. The average molecular weight is 254 g/mol. The highest BCUT2D eigenvalue weighted by Gasteiger charge is 2.10. The van der Waals surface area contributed by atoms with Crippen LogP contribution in [0, 0.1) is 12.7 Å². The topological polar surface area (TPSA) is 52.6 Å². The van der Waals surface area contributed by atoms with Gasteiger partial charge in [0.05, 0.1) is 12.6 Å². The van der Waals surface area contributed by atoms with Gasteiger partial charge in [0.2, 0.25) is 5.91 Å². The van der Waals surface area contributed by atoms with Crippen LogP contribution < -0.4 is 5.32 Å². The lowest BCUT2D eigenvalue weighted by Crippen LogP contribution is -2.34. The van der Waals surface area contributed by atoms with Gasteiger partial charge in [-0.15, -0.1) is 0 Å². The standard InChI is InChI=1S/C13H19FN2O2/c1-9-4-5-11(14)6-12(9)15-13(18)8-16(3)7-10(2)17/h4-6,10,17H,7-8H2,1-3H3,(H,15,18). The van der Waals surface area contributed by atoms with Gasteiger partial charge in [-0.25, -0.2) is 4.39 Å². The highest BCUT2D eigenvalue weighted by atomic mass is 19.1. The smallest absolute Gasteiger partial charge is 0.238 e. The zero-order valence-corrected chi connectivity index (χ0v) is 10.9. The number of hydrogen-bond acceptors (Lipinski definition) is 3. The molecule has 1 aromatic carbocycles. The van der Waals surface area contributed by atoms with Crippen molar-refractivity contribution in [3.05, 3.63) is 29.6 Å². The molecular weight excluding hydrogens is 235 g/mol. The Balaban J connectivity index is 2.56. The van der Waals surface area contributed by atoms with E-state index in [1.165, 1.54) is 12.1 Å². The maximum Gasteiger partial charge on any atom is 0.238 e. The number of aliphatic hydroxyl groups is 1. The van der Waals surface area contributed by atoms with Crippen LogP contribution in [0.15, 0.2) is 18.2 Å². The molecule has 100 valence electrons. The molecule has 0 heterocycles. The summed E-state index contributed by atoms with van der Waals surface area (Å²) in [4.78, 5) is 13.4. The number of anilines is 1. The number of carbonyl (C=O) groups excluding carboxylic acids is 1. The van der Waals surface area contributed by atoms with Gasteiger partial charge in [0.25, 0.3) is 0 Å². The lowest BCUT2D eigenvalue weighted by molar-refractivity contribution is -0.117. The first-order valence-electron chi connectivity index (χ1n) is 5.81. The van der Waals surface area contributed by atoms with Gasteiger partial charge in [-0.3, -0.25) is 9.69 Å². The molecule has 0 aliphatic carbocycles. The fourth-order valence-corrected chi connectivity index (χ4v) is 1.68. The van der Waals surface area contributed by atoms with Crippen LogP contribution in [0.4, 0.5) is 10.1 Å². The minimum Gasteiger partial charge on any atom is -0.392 e. The van der Waals surface area contributed by atoms with Gasteiger partial charge >= 0.3 is 0 Å². The third-order valence-electron chi connectivity index (χ3n) is 2.46. The predicted molar refractivity (Wildman–Crippen MR) is 68.9 cm³/mol. The summed E-state index contributed by atoms with van der Waals surface area (Å²) >= 11 is 0. The number of aliphatic hydroxyl groups excluding tert-OH is 1. The number of rotatable bonds is 5. The molecule has 0 spiro atoms. The van der Waals surface area contributed by atoms with E-state index in [2.05, 4.69) is 5.32 Å². The molecule has 4 nitrogen and oxygen atoms in total.